The van der Waals surface area contributed by atoms with E-state index in [1.165, 1.54) is 38.6 Å². The third kappa shape index (κ3) is 6.28. The standard InChI is InChI=1S/C15H21O3/c1-2-3-4-5-6-7-12-17-14-8-10-15(11-9-14)18-13-16/h8-11H,2-7,12H2,1H3. The minimum Gasteiger partial charge on any atom is -0.494 e. The van der Waals surface area contributed by atoms with Crippen LogP contribution >= 0.6 is 0 Å². The van der Waals surface area contributed by atoms with E-state index in [2.05, 4.69) is 11.7 Å². The van der Waals surface area contributed by atoms with Gasteiger partial charge in [0.15, 0.2) is 0 Å². The molecule has 0 aromatic heterocycles. The third-order valence-electron chi connectivity index (χ3n) is 2.75. The van der Waals surface area contributed by atoms with Crippen molar-refractivity contribution in [2.45, 2.75) is 45.4 Å². The van der Waals surface area contributed by atoms with E-state index < -0.39 is 0 Å². The number of hydrogen-bond donors (Lipinski definition) is 0. The summed E-state index contributed by atoms with van der Waals surface area (Å²) in [6, 6.07) is 6.98. The van der Waals surface area contributed by atoms with Crippen LogP contribution in [0.25, 0.3) is 0 Å². The van der Waals surface area contributed by atoms with Crippen molar-refractivity contribution in [2.24, 2.45) is 0 Å². The fraction of sp³-hybridized carbons (Fsp3) is 0.533. The summed E-state index contributed by atoms with van der Waals surface area (Å²) in [5, 5.41) is 0. The molecular formula is C15H21O3. The lowest BCUT2D eigenvalue weighted by atomic mass is 10.1. The minimum atomic E-state index is 0.483. The van der Waals surface area contributed by atoms with Gasteiger partial charge in [-0.15, -0.1) is 0 Å². The molecule has 1 rings (SSSR count). The van der Waals surface area contributed by atoms with Crippen LogP contribution in [-0.4, -0.2) is 13.1 Å². The lowest BCUT2D eigenvalue weighted by Gasteiger charge is -2.06. The molecule has 0 spiro atoms. The molecule has 0 bridgehead atoms. The normalized spacial score (nSPS) is 10.1. The predicted molar refractivity (Wildman–Crippen MR) is 71.6 cm³/mol. The largest absolute Gasteiger partial charge is 0.494 e. The Morgan fingerprint density at radius 1 is 0.944 bits per heavy atom. The summed E-state index contributed by atoms with van der Waals surface area (Å²) in [6.45, 7) is 4.35. The van der Waals surface area contributed by atoms with Crippen LogP contribution in [0.15, 0.2) is 24.3 Å². The fourth-order valence-corrected chi connectivity index (χ4v) is 1.72. The maximum Gasteiger partial charge on any atom is 0.423 e. The molecule has 3 nitrogen and oxygen atoms in total. The van der Waals surface area contributed by atoms with E-state index in [-0.39, 0.29) is 0 Å². The molecule has 1 aromatic rings. The second-order valence-corrected chi connectivity index (χ2v) is 4.27. The van der Waals surface area contributed by atoms with Crippen molar-refractivity contribution in [3.63, 3.8) is 0 Å². The van der Waals surface area contributed by atoms with Crippen LogP contribution in [0.1, 0.15) is 45.4 Å². The van der Waals surface area contributed by atoms with Crippen LogP contribution in [-0.2, 0) is 4.79 Å². The first-order valence-corrected chi connectivity index (χ1v) is 6.63. The third-order valence-corrected chi connectivity index (χ3v) is 2.75. The molecule has 18 heavy (non-hydrogen) atoms. The van der Waals surface area contributed by atoms with Crippen molar-refractivity contribution in [1.29, 1.82) is 0 Å². The van der Waals surface area contributed by atoms with Crippen LogP contribution in [0.2, 0.25) is 0 Å². The summed E-state index contributed by atoms with van der Waals surface area (Å²) in [7, 11) is 0. The summed E-state index contributed by atoms with van der Waals surface area (Å²) < 4.78 is 10.2. The summed E-state index contributed by atoms with van der Waals surface area (Å²) in [5.41, 5.74) is 0. The molecule has 0 fully saturated rings. The molecule has 0 unspecified atom stereocenters. The minimum absolute atomic E-state index is 0.483. The van der Waals surface area contributed by atoms with Gasteiger partial charge in [-0.3, -0.25) is 0 Å². The highest BCUT2D eigenvalue weighted by Crippen LogP contribution is 2.17. The SMILES string of the molecule is CCCCCCCCOc1ccc(O[C]=O)cc1. The molecule has 0 amide bonds. The number of unbranched alkanes of at least 4 members (excludes halogenated alkanes) is 5. The topological polar surface area (TPSA) is 35.5 Å². The highest BCUT2D eigenvalue weighted by Gasteiger charge is 1.96. The zero-order valence-electron chi connectivity index (χ0n) is 11.0. The van der Waals surface area contributed by atoms with E-state index in [9.17, 15) is 4.79 Å². The Morgan fingerprint density at radius 3 is 2.22 bits per heavy atom. The number of carbonyl (C=O) groups excluding carboxylic acids is 1. The Labute approximate surface area is 109 Å². The Morgan fingerprint density at radius 2 is 1.56 bits per heavy atom. The van der Waals surface area contributed by atoms with Gasteiger partial charge in [-0.2, -0.15) is 0 Å². The lowest BCUT2D eigenvalue weighted by molar-refractivity contribution is 0.304. The van der Waals surface area contributed by atoms with Crippen LogP contribution in [0.3, 0.4) is 0 Å². The lowest BCUT2D eigenvalue weighted by Crippen LogP contribution is -1.97. The van der Waals surface area contributed by atoms with Crippen molar-refractivity contribution < 1.29 is 14.3 Å². The van der Waals surface area contributed by atoms with Gasteiger partial charge in [0.25, 0.3) is 0 Å². The molecule has 0 aliphatic carbocycles. The van der Waals surface area contributed by atoms with Gasteiger partial charge in [0.1, 0.15) is 11.5 Å². The predicted octanol–water partition coefficient (Wildman–Crippen LogP) is 3.87. The summed E-state index contributed by atoms with van der Waals surface area (Å²) >= 11 is 0. The molecule has 0 atom stereocenters. The van der Waals surface area contributed by atoms with E-state index in [4.69, 9.17) is 4.74 Å². The Balaban J connectivity index is 2.09. The first kappa shape index (κ1) is 14.6. The van der Waals surface area contributed by atoms with Gasteiger partial charge < -0.3 is 9.47 Å². The molecule has 0 aliphatic heterocycles. The number of benzene rings is 1. The quantitative estimate of drug-likeness (QED) is 0.590. The zero-order chi connectivity index (χ0) is 13.1. The molecular weight excluding hydrogens is 228 g/mol. The first-order valence-electron chi connectivity index (χ1n) is 6.63. The second-order valence-electron chi connectivity index (χ2n) is 4.27. The Hall–Kier alpha value is -1.51. The smallest absolute Gasteiger partial charge is 0.423 e. The molecule has 99 valence electrons. The molecule has 3 heteroatoms. The second kappa shape index (κ2) is 9.51. The van der Waals surface area contributed by atoms with Crippen molar-refractivity contribution in [1.82, 2.24) is 0 Å². The average Bonchev–Trinajstić information content (AvgIpc) is 2.40. The van der Waals surface area contributed by atoms with Gasteiger partial charge in [-0.1, -0.05) is 39.0 Å². The van der Waals surface area contributed by atoms with Gasteiger partial charge in [-0.05, 0) is 30.7 Å². The van der Waals surface area contributed by atoms with Crippen molar-refractivity contribution in [3.05, 3.63) is 24.3 Å². The van der Waals surface area contributed by atoms with Crippen LogP contribution in [0.4, 0.5) is 0 Å². The van der Waals surface area contributed by atoms with Crippen molar-refractivity contribution in [3.8, 4) is 11.5 Å². The van der Waals surface area contributed by atoms with E-state index in [0.717, 1.165) is 18.8 Å². The highest BCUT2D eigenvalue weighted by molar-refractivity contribution is 5.46. The average molecular weight is 249 g/mol. The van der Waals surface area contributed by atoms with E-state index in [1.807, 2.05) is 0 Å². The molecule has 0 aliphatic rings. The monoisotopic (exact) mass is 249 g/mol. The number of ether oxygens (including phenoxy) is 2. The maximum absolute atomic E-state index is 10.00. The molecule has 0 heterocycles. The molecule has 0 saturated carbocycles. The Bertz CT molecular complexity index is 319. The van der Waals surface area contributed by atoms with E-state index in [1.54, 1.807) is 24.3 Å². The fourth-order valence-electron chi connectivity index (χ4n) is 1.72. The summed E-state index contributed by atoms with van der Waals surface area (Å²) in [6.07, 6.45) is 7.54. The number of hydrogen-bond acceptors (Lipinski definition) is 3. The zero-order valence-corrected chi connectivity index (χ0v) is 11.0. The molecule has 1 aromatic carbocycles. The van der Waals surface area contributed by atoms with Gasteiger partial charge in [-0.25, -0.2) is 4.79 Å². The van der Waals surface area contributed by atoms with E-state index >= 15 is 0 Å². The number of rotatable bonds is 10. The highest BCUT2D eigenvalue weighted by atomic mass is 16.5. The molecule has 1 radical (unpaired) electrons. The van der Waals surface area contributed by atoms with Crippen molar-refractivity contribution >= 4 is 6.47 Å². The first-order chi connectivity index (χ1) is 8.86. The van der Waals surface area contributed by atoms with Crippen LogP contribution in [0.5, 0.6) is 11.5 Å². The molecule has 0 saturated heterocycles. The molecule has 0 N–H and O–H groups in total. The maximum atomic E-state index is 10.00. The van der Waals surface area contributed by atoms with Crippen molar-refractivity contribution in [2.75, 3.05) is 6.61 Å². The van der Waals surface area contributed by atoms with Crippen LogP contribution < -0.4 is 9.47 Å². The van der Waals surface area contributed by atoms with Gasteiger partial charge >= 0.3 is 6.47 Å². The summed E-state index contributed by atoms with van der Waals surface area (Å²) in [4.78, 5) is 10.00. The Kier molecular flexibility index (Phi) is 7.69. The van der Waals surface area contributed by atoms with Gasteiger partial charge in [0, 0.05) is 0 Å². The van der Waals surface area contributed by atoms with Crippen LogP contribution in [0, 0.1) is 0 Å². The van der Waals surface area contributed by atoms with E-state index in [0.29, 0.717) is 5.75 Å². The van der Waals surface area contributed by atoms with Gasteiger partial charge in [0.05, 0.1) is 6.61 Å². The summed E-state index contributed by atoms with van der Waals surface area (Å²) in [5.74, 6) is 1.29. The van der Waals surface area contributed by atoms with Gasteiger partial charge in [0.2, 0.25) is 0 Å².